The van der Waals surface area contributed by atoms with Gasteiger partial charge in [-0.1, -0.05) is 181 Å². The number of hydrogen-bond acceptors (Lipinski definition) is 2. The first-order valence-electron chi connectivity index (χ1n) is 26.1. The molecule has 1 N–H and O–H groups in total. The number of rotatable bonds is 12. The van der Waals surface area contributed by atoms with Gasteiger partial charge in [-0.25, -0.2) is 0 Å². The Morgan fingerprint density at radius 3 is 2.17 bits per heavy atom. The number of allylic oxidation sites excluding steroid dienone is 5. The average molecular weight is 927 g/mol. The Morgan fingerprint density at radius 2 is 1.42 bits per heavy atom. The van der Waals surface area contributed by atoms with Crippen LogP contribution >= 0.6 is 0 Å². The maximum absolute atomic E-state index is 7.94. The van der Waals surface area contributed by atoms with Gasteiger partial charge in [0.2, 0.25) is 0 Å². The highest BCUT2D eigenvalue weighted by Gasteiger charge is 2.44. The maximum Gasteiger partial charge on any atom is 0.117 e. The van der Waals surface area contributed by atoms with Gasteiger partial charge in [-0.3, -0.25) is 0 Å². The van der Waals surface area contributed by atoms with Gasteiger partial charge in [0.05, 0.1) is 0 Å². The number of hydrogen-bond donors (Lipinski definition) is 1. The standard InChI is InChI=1S/C68H71BN2/c1-12-20-43(2)35-49(46-21-14-13-15-22-46)42-70-60-31-30-59-63(54-25-18-19-26-58(54)68(59,10)11)64(60)57-36-44(3)37-62(65(57)69)71(61-32-27-50(38-45(61)4)67(8,9)34-33-66(5,6)7)51-28-29-53-48(40-51)39-47-23-16-17-24-52(47)55-41-56(53)55/h12-32,35-38,40,42,55-56,70H,33-34,39,41H2,1-11H3/b20-12-,43-35-,49-42-. The number of fused-ring (bicyclic) bond motifs is 8. The van der Waals surface area contributed by atoms with Crippen molar-refractivity contribution >= 4 is 41.6 Å². The third kappa shape index (κ3) is 9.18. The maximum atomic E-state index is 7.94. The van der Waals surface area contributed by atoms with Gasteiger partial charge in [-0.15, -0.1) is 0 Å². The molecule has 1 fully saturated rings. The molecular weight excluding hydrogens is 856 g/mol. The molecule has 0 amide bonds. The van der Waals surface area contributed by atoms with Crippen LogP contribution in [0.4, 0.5) is 22.7 Å². The first kappa shape index (κ1) is 48.1. The number of anilines is 4. The number of nitrogens with one attached hydrogen (secondary N) is 1. The minimum Gasteiger partial charge on any atom is -0.361 e. The molecular formula is C68H71BN2. The highest BCUT2D eigenvalue weighted by atomic mass is 15.1. The van der Waals surface area contributed by atoms with Crippen LogP contribution in [0.1, 0.15) is 149 Å². The van der Waals surface area contributed by atoms with Crippen LogP contribution in [0.15, 0.2) is 170 Å². The van der Waals surface area contributed by atoms with Crippen LogP contribution in [-0.2, 0) is 17.3 Å². The smallest absolute Gasteiger partial charge is 0.117 e. The quantitative estimate of drug-likeness (QED) is 0.0970. The molecule has 0 saturated heterocycles. The van der Waals surface area contributed by atoms with Gasteiger partial charge >= 0.3 is 0 Å². The first-order chi connectivity index (χ1) is 33.9. The van der Waals surface area contributed by atoms with Gasteiger partial charge in [0.1, 0.15) is 7.85 Å². The van der Waals surface area contributed by atoms with Crippen LogP contribution in [-0.4, -0.2) is 7.85 Å². The zero-order valence-corrected chi connectivity index (χ0v) is 44.1. The summed E-state index contributed by atoms with van der Waals surface area (Å²) in [5.41, 5.74) is 25.4. The molecule has 0 bridgehead atoms. The summed E-state index contributed by atoms with van der Waals surface area (Å²) in [7, 11) is 7.94. The van der Waals surface area contributed by atoms with Crippen LogP contribution in [0.25, 0.3) is 27.8 Å². The van der Waals surface area contributed by atoms with Crippen molar-refractivity contribution in [1.82, 2.24) is 0 Å². The van der Waals surface area contributed by atoms with Crippen molar-refractivity contribution in [2.75, 3.05) is 10.2 Å². The minimum atomic E-state index is -0.204. The van der Waals surface area contributed by atoms with Crippen molar-refractivity contribution in [3.05, 3.63) is 225 Å². The van der Waals surface area contributed by atoms with E-state index in [0.717, 1.165) is 75.3 Å². The van der Waals surface area contributed by atoms with Gasteiger partial charge in [0, 0.05) is 39.9 Å². The molecule has 71 heavy (non-hydrogen) atoms. The van der Waals surface area contributed by atoms with Crippen molar-refractivity contribution in [3.8, 4) is 22.3 Å². The van der Waals surface area contributed by atoms with Gasteiger partial charge in [-0.2, -0.15) is 0 Å². The van der Waals surface area contributed by atoms with Crippen LogP contribution in [0, 0.1) is 19.3 Å². The zero-order valence-electron chi connectivity index (χ0n) is 44.1. The summed E-state index contributed by atoms with van der Waals surface area (Å²) < 4.78 is 0. The lowest BCUT2D eigenvalue weighted by Crippen LogP contribution is -2.24. The minimum absolute atomic E-state index is 0.0202. The Kier molecular flexibility index (Phi) is 12.6. The molecule has 0 aromatic heterocycles. The molecule has 2 nitrogen and oxygen atoms in total. The molecule has 2 radical (unpaired) electrons. The Bertz CT molecular complexity index is 3280. The third-order valence-electron chi connectivity index (χ3n) is 16.0. The molecule has 3 aliphatic rings. The molecule has 0 heterocycles. The van der Waals surface area contributed by atoms with Gasteiger partial charge in [0.15, 0.2) is 0 Å². The van der Waals surface area contributed by atoms with E-state index in [1.54, 1.807) is 0 Å². The van der Waals surface area contributed by atoms with Crippen molar-refractivity contribution in [3.63, 3.8) is 0 Å². The van der Waals surface area contributed by atoms with Crippen LogP contribution in [0.5, 0.6) is 0 Å². The van der Waals surface area contributed by atoms with Crippen LogP contribution < -0.4 is 15.7 Å². The number of nitrogens with zero attached hydrogens (tertiary/aromatic N) is 1. The largest absolute Gasteiger partial charge is 0.361 e. The van der Waals surface area contributed by atoms with E-state index < -0.39 is 0 Å². The van der Waals surface area contributed by atoms with E-state index in [-0.39, 0.29) is 16.2 Å². The Hall–Kier alpha value is -6.58. The van der Waals surface area contributed by atoms with Crippen LogP contribution in [0.2, 0.25) is 0 Å². The summed E-state index contributed by atoms with van der Waals surface area (Å²) in [5, 5.41) is 3.91. The Morgan fingerprint density at radius 1 is 0.704 bits per heavy atom. The monoisotopic (exact) mass is 927 g/mol. The highest BCUT2D eigenvalue weighted by molar-refractivity contribution is 6.40. The summed E-state index contributed by atoms with van der Waals surface area (Å²) >= 11 is 0. The molecule has 2 atom stereocenters. The second-order valence-electron chi connectivity index (χ2n) is 23.3. The fourth-order valence-corrected chi connectivity index (χ4v) is 11.9. The highest BCUT2D eigenvalue weighted by Crippen LogP contribution is 2.59. The topological polar surface area (TPSA) is 15.3 Å². The molecule has 1 saturated carbocycles. The zero-order chi connectivity index (χ0) is 50.0. The summed E-state index contributed by atoms with van der Waals surface area (Å²) in [5.74, 6) is 1.18. The summed E-state index contributed by atoms with van der Waals surface area (Å²) in [6.07, 6.45) is 13.1. The van der Waals surface area contributed by atoms with Crippen molar-refractivity contribution in [2.45, 2.75) is 125 Å². The van der Waals surface area contributed by atoms with E-state index in [1.165, 1.54) is 67.6 Å². The predicted octanol–water partition coefficient (Wildman–Crippen LogP) is 17.8. The van der Waals surface area contributed by atoms with E-state index in [4.69, 9.17) is 7.85 Å². The van der Waals surface area contributed by atoms with Gasteiger partial charge in [0.25, 0.3) is 0 Å². The Balaban J connectivity index is 1.19. The van der Waals surface area contributed by atoms with Crippen molar-refractivity contribution in [2.24, 2.45) is 5.41 Å². The average Bonchev–Trinajstić information content (AvgIpc) is 4.12. The lowest BCUT2D eigenvalue weighted by Gasteiger charge is -2.33. The lowest BCUT2D eigenvalue weighted by molar-refractivity contribution is 0.315. The number of aryl methyl sites for hydroxylation is 2. The summed E-state index contributed by atoms with van der Waals surface area (Å²) in [6.45, 7) is 25.3. The molecule has 7 aromatic rings. The third-order valence-corrected chi connectivity index (χ3v) is 16.0. The summed E-state index contributed by atoms with van der Waals surface area (Å²) in [4.78, 5) is 2.48. The van der Waals surface area contributed by atoms with Crippen LogP contribution in [0.3, 0.4) is 0 Å². The SMILES string of the molecule is [B]c1c(-c2c(N/C=C(/C=C(C)\C=C/C)c3ccccc3)ccc3c2-c2ccccc2C3(C)C)cc(C)cc1N(c1ccc2c(c1)Cc1ccccc1C1CC21)c1ccc(C(C)(C)CCC(C)(C)C)cc1C. The van der Waals surface area contributed by atoms with E-state index >= 15 is 0 Å². The van der Waals surface area contributed by atoms with Crippen molar-refractivity contribution < 1.29 is 0 Å². The molecule has 7 aromatic carbocycles. The predicted molar refractivity (Wildman–Crippen MR) is 307 cm³/mol. The molecule has 0 spiro atoms. The van der Waals surface area contributed by atoms with E-state index in [9.17, 15) is 0 Å². The fraction of sp³-hybridized carbons (Fsp3) is 0.294. The molecule has 10 rings (SSSR count). The Labute approximate surface area is 427 Å². The fourth-order valence-electron chi connectivity index (χ4n) is 11.9. The number of benzene rings is 7. The molecule has 2 unspecified atom stereocenters. The van der Waals surface area contributed by atoms with Gasteiger partial charge in [-0.05, 0) is 190 Å². The second-order valence-corrected chi connectivity index (χ2v) is 23.3. The molecule has 3 heteroatoms. The molecule has 0 aliphatic heterocycles. The normalized spacial score (nSPS) is 16.9. The molecule has 356 valence electrons. The lowest BCUT2D eigenvalue weighted by atomic mass is 9.75. The van der Waals surface area contributed by atoms with Gasteiger partial charge < -0.3 is 10.2 Å². The molecule has 3 aliphatic carbocycles. The summed E-state index contributed by atoms with van der Waals surface area (Å²) in [6, 6.07) is 52.5. The van der Waals surface area contributed by atoms with E-state index in [1.807, 2.05) is 0 Å². The second kappa shape index (κ2) is 18.6. The van der Waals surface area contributed by atoms with Crippen molar-refractivity contribution in [1.29, 1.82) is 0 Å². The first-order valence-corrected chi connectivity index (χ1v) is 26.1. The van der Waals surface area contributed by atoms with E-state index in [2.05, 4.69) is 250 Å². The van der Waals surface area contributed by atoms with E-state index in [0.29, 0.717) is 11.8 Å².